The summed E-state index contributed by atoms with van der Waals surface area (Å²) >= 11 is 0. The quantitative estimate of drug-likeness (QED) is 0.355. The van der Waals surface area contributed by atoms with Crippen LogP contribution in [0.4, 0.5) is 8.78 Å². The molecule has 0 spiro atoms. The second kappa shape index (κ2) is 1.69. The van der Waals surface area contributed by atoms with Gasteiger partial charge in [0.15, 0.2) is 6.17 Å². The van der Waals surface area contributed by atoms with E-state index in [1.807, 2.05) is 0 Å². The van der Waals surface area contributed by atoms with Crippen molar-refractivity contribution in [2.45, 2.75) is 12.5 Å². The Morgan fingerprint density at radius 3 is 2.38 bits per heavy atom. The molecule has 1 saturated heterocycles. The average Bonchev–Trinajstić information content (AvgIpc) is 1.81. The topological polar surface area (TPSA) is 20.3 Å². The molecule has 1 aliphatic rings. The molecule has 0 aromatic rings. The molecule has 2 nitrogen and oxygen atoms in total. The van der Waals surface area contributed by atoms with Gasteiger partial charge in [-0.3, -0.25) is 4.79 Å². The highest BCUT2D eigenvalue weighted by Gasteiger charge is 2.38. The minimum atomic E-state index is -1.69. The fraction of sp³-hybridized carbons (Fsp3) is 0.750. The van der Waals surface area contributed by atoms with Gasteiger partial charge in [0.25, 0.3) is 0 Å². The maximum absolute atomic E-state index is 11.9. The molecule has 1 heterocycles. The third kappa shape index (κ3) is 0.562. The lowest BCUT2D eigenvalue weighted by Crippen LogP contribution is -2.54. The summed E-state index contributed by atoms with van der Waals surface area (Å²) < 4.78 is 23.7. The molecule has 1 rings (SSSR count). The van der Waals surface area contributed by atoms with Crippen LogP contribution in [0.5, 0.6) is 0 Å². The van der Waals surface area contributed by atoms with Crippen LogP contribution in [0.3, 0.4) is 0 Å². The van der Waals surface area contributed by atoms with E-state index < -0.39 is 12.5 Å². The van der Waals surface area contributed by atoms with Gasteiger partial charge in [0, 0.05) is 0 Å². The molecule has 2 atom stereocenters. The molecule has 8 heavy (non-hydrogen) atoms. The van der Waals surface area contributed by atoms with E-state index in [4.69, 9.17) is 0 Å². The Hall–Kier alpha value is -0.670. The highest BCUT2D eigenvalue weighted by atomic mass is 19.2. The molecule has 2 unspecified atom stereocenters. The number of hydrogen-bond acceptors (Lipinski definition) is 1. The van der Waals surface area contributed by atoms with Crippen molar-refractivity contribution < 1.29 is 13.6 Å². The van der Waals surface area contributed by atoms with Gasteiger partial charge < -0.3 is 4.90 Å². The third-order valence-corrected chi connectivity index (χ3v) is 1.14. The number of rotatable bonds is 1. The van der Waals surface area contributed by atoms with Crippen LogP contribution in [0.1, 0.15) is 0 Å². The number of halogens is 2. The summed E-state index contributed by atoms with van der Waals surface area (Å²) in [7, 11) is 0. The summed E-state index contributed by atoms with van der Waals surface area (Å²) in [6.45, 7) is -0.0926. The van der Waals surface area contributed by atoms with E-state index in [1.54, 1.807) is 0 Å². The van der Waals surface area contributed by atoms with Gasteiger partial charge >= 0.3 is 0 Å². The molecule has 1 aliphatic heterocycles. The van der Waals surface area contributed by atoms with Gasteiger partial charge in [0.2, 0.25) is 12.7 Å². The number of likely N-dealkylation sites (tertiary alicyclic amines) is 1. The van der Waals surface area contributed by atoms with E-state index in [9.17, 15) is 13.6 Å². The Labute approximate surface area is 45.1 Å². The minimum absolute atomic E-state index is 0.0926. The minimum Gasteiger partial charge on any atom is -0.310 e. The number of carbonyl (C=O) groups is 1. The Kier molecular flexibility index (Phi) is 1.15. The van der Waals surface area contributed by atoms with E-state index in [0.29, 0.717) is 6.41 Å². The smallest absolute Gasteiger partial charge is 0.212 e. The van der Waals surface area contributed by atoms with Crippen LogP contribution in [-0.4, -0.2) is 30.3 Å². The van der Waals surface area contributed by atoms with Gasteiger partial charge in [0.1, 0.15) is 0 Å². The highest BCUT2D eigenvalue weighted by Crippen LogP contribution is 2.19. The average molecular weight is 121 g/mol. The van der Waals surface area contributed by atoms with Crippen molar-refractivity contribution in [3.05, 3.63) is 0 Å². The van der Waals surface area contributed by atoms with Crippen molar-refractivity contribution in [2.24, 2.45) is 0 Å². The van der Waals surface area contributed by atoms with Crippen molar-refractivity contribution >= 4 is 6.41 Å². The third-order valence-electron chi connectivity index (χ3n) is 1.14. The van der Waals surface area contributed by atoms with Gasteiger partial charge in [-0.25, -0.2) is 8.78 Å². The van der Waals surface area contributed by atoms with Crippen molar-refractivity contribution in [3.63, 3.8) is 0 Å². The first-order valence-electron chi connectivity index (χ1n) is 2.25. The van der Waals surface area contributed by atoms with E-state index in [0.717, 1.165) is 4.90 Å². The maximum atomic E-state index is 11.9. The fourth-order valence-corrected chi connectivity index (χ4v) is 0.560. The van der Waals surface area contributed by atoms with Crippen LogP contribution in [0.15, 0.2) is 0 Å². The lowest BCUT2D eigenvalue weighted by Gasteiger charge is -2.34. The Morgan fingerprint density at radius 2 is 2.25 bits per heavy atom. The molecule has 0 saturated carbocycles. The summed E-state index contributed by atoms with van der Waals surface area (Å²) in [5, 5.41) is 0. The van der Waals surface area contributed by atoms with Gasteiger partial charge in [-0.2, -0.15) is 0 Å². The summed E-state index contributed by atoms with van der Waals surface area (Å²) in [4.78, 5) is 10.4. The molecule has 0 radical (unpaired) electrons. The zero-order chi connectivity index (χ0) is 6.15. The van der Waals surface area contributed by atoms with Crippen LogP contribution in [0, 0.1) is 0 Å². The van der Waals surface area contributed by atoms with Gasteiger partial charge in [-0.05, 0) is 0 Å². The van der Waals surface area contributed by atoms with E-state index >= 15 is 0 Å². The number of carbonyl (C=O) groups excluding carboxylic acids is 1. The fourth-order valence-electron chi connectivity index (χ4n) is 0.560. The molecular formula is C4H5F2NO. The van der Waals surface area contributed by atoms with Crippen molar-refractivity contribution in [1.82, 2.24) is 4.90 Å². The van der Waals surface area contributed by atoms with Crippen molar-refractivity contribution in [1.29, 1.82) is 0 Å². The molecule has 0 N–H and O–H groups in total. The van der Waals surface area contributed by atoms with Gasteiger partial charge in [-0.15, -0.1) is 0 Å². The predicted octanol–water partition coefficient (Wildman–Crippen LogP) is 0.0921. The second-order valence-electron chi connectivity index (χ2n) is 1.69. The molecule has 1 fully saturated rings. The summed E-state index contributed by atoms with van der Waals surface area (Å²) in [5.41, 5.74) is 0. The summed E-state index contributed by atoms with van der Waals surface area (Å²) in [5.74, 6) is 0. The van der Waals surface area contributed by atoms with Gasteiger partial charge in [-0.1, -0.05) is 0 Å². The van der Waals surface area contributed by atoms with Crippen LogP contribution in [0.2, 0.25) is 0 Å². The number of hydrogen-bond donors (Lipinski definition) is 0. The molecule has 4 heteroatoms. The molecule has 0 aromatic heterocycles. The molecule has 0 aliphatic carbocycles. The molecular weight excluding hydrogens is 116 g/mol. The van der Waals surface area contributed by atoms with Crippen molar-refractivity contribution in [2.75, 3.05) is 6.54 Å². The summed E-state index contributed by atoms with van der Waals surface area (Å²) in [6.07, 6.45) is -2.84. The Morgan fingerprint density at radius 1 is 1.62 bits per heavy atom. The SMILES string of the molecule is O=CN1CC(F)C1F. The number of alkyl halides is 2. The first-order chi connectivity index (χ1) is 3.75. The second-order valence-corrected chi connectivity index (χ2v) is 1.69. The van der Waals surface area contributed by atoms with E-state index in [1.165, 1.54) is 0 Å². The zero-order valence-electron chi connectivity index (χ0n) is 4.05. The standard InChI is InChI=1S/C4H5F2NO/c5-3-1-7(2-8)4(3)6/h2-4H,1H2. The monoisotopic (exact) mass is 121 g/mol. The molecule has 46 valence electrons. The number of amides is 1. The Balaban J connectivity index is 2.35. The Bertz CT molecular complexity index is 108. The van der Waals surface area contributed by atoms with Crippen LogP contribution in [0.25, 0.3) is 0 Å². The maximum Gasteiger partial charge on any atom is 0.212 e. The lowest BCUT2D eigenvalue weighted by molar-refractivity contribution is -0.142. The lowest BCUT2D eigenvalue weighted by atomic mass is 10.2. The van der Waals surface area contributed by atoms with E-state index in [2.05, 4.69) is 0 Å². The van der Waals surface area contributed by atoms with Crippen LogP contribution in [-0.2, 0) is 4.79 Å². The van der Waals surface area contributed by atoms with E-state index in [-0.39, 0.29) is 6.54 Å². The van der Waals surface area contributed by atoms with Gasteiger partial charge in [0.05, 0.1) is 6.54 Å². The first kappa shape index (κ1) is 5.47. The molecule has 0 aromatic carbocycles. The normalized spacial score (nSPS) is 36.5. The predicted molar refractivity (Wildman–Crippen MR) is 22.6 cm³/mol. The molecule has 1 amide bonds. The van der Waals surface area contributed by atoms with Crippen LogP contribution < -0.4 is 0 Å². The first-order valence-corrected chi connectivity index (χ1v) is 2.25. The van der Waals surface area contributed by atoms with Crippen molar-refractivity contribution in [3.8, 4) is 0 Å². The molecule has 0 bridgehead atoms. The highest BCUT2D eigenvalue weighted by molar-refractivity contribution is 5.49. The number of nitrogens with zero attached hydrogens (tertiary/aromatic N) is 1. The summed E-state index contributed by atoms with van der Waals surface area (Å²) in [6, 6.07) is 0. The van der Waals surface area contributed by atoms with Crippen LogP contribution >= 0.6 is 0 Å². The largest absolute Gasteiger partial charge is 0.310 e. The zero-order valence-corrected chi connectivity index (χ0v) is 4.05.